The summed E-state index contributed by atoms with van der Waals surface area (Å²) in [5, 5.41) is 0. The first-order valence-electron chi connectivity index (χ1n) is 7.07. The maximum absolute atomic E-state index is 12.7. The summed E-state index contributed by atoms with van der Waals surface area (Å²) in [6.45, 7) is -0.877. The minimum absolute atomic E-state index is 0.192. The SMILES string of the molecule is CCCCN(CC(F)(F)F)C(=O)Cn1cccc(C(F)(F)F)c1=O. The van der Waals surface area contributed by atoms with Crippen molar-refractivity contribution in [3.63, 3.8) is 0 Å². The lowest BCUT2D eigenvalue weighted by Crippen LogP contribution is -2.43. The highest BCUT2D eigenvalue weighted by Crippen LogP contribution is 2.26. The molecule has 1 heterocycles. The Kier molecular flexibility index (Phi) is 6.44. The van der Waals surface area contributed by atoms with E-state index in [4.69, 9.17) is 0 Å². The molecule has 0 aliphatic carbocycles. The van der Waals surface area contributed by atoms with E-state index in [0.29, 0.717) is 28.4 Å². The highest BCUT2D eigenvalue weighted by atomic mass is 19.4. The van der Waals surface area contributed by atoms with Crippen molar-refractivity contribution in [2.24, 2.45) is 0 Å². The van der Waals surface area contributed by atoms with Gasteiger partial charge in [0.15, 0.2) is 0 Å². The van der Waals surface area contributed by atoms with E-state index in [1.807, 2.05) is 0 Å². The molecule has 0 atom stereocenters. The zero-order chi connectivity index (χ0) is 18.5. The molecule has 10 heteroatoms. The fourth-order valence-electron chi connectivity index (χ4n) is 1.98. The van der Waals surface area contributed by atoms with Gasteiger partial charge in [-0.1, -0.05) is 13.3 Å². The molecule has 0 saturated carbocycles. The predicted molar refractivity (Wildman–Crippen MR) is 73.2 cm³/mol. The van der Waals surface area contributed by atoms with E-state index in [1.54, 1.807) is 6.92 Å². The van der Waals surface area contributed by atoms with Crippen molar-refractivity contribution in [1.82, 2.24) is 9.47 Å². The summed E-state index contributed by atoms with van der Waals surface area (Å²) < 4.78 is 76.0. The third-order valence-corrected chi connectivity index (χ3v) is 3.14. The second kappa shape index (κ2) is 7.71. The summed E-state index contributed by atoms with van der Waals surface area (Å²) in [5.74, 6) is -1.07. The number of carbonyl (C=O) groups excluding carboxylic acids is 1. The number of hydrogen-bond donors (Lipinski definition) is 0. The molecule has 1 rings (SSSR count). The van der Waals surface area contributed by atoms with Gasteiger partial charge in [-0.15, -0.1) is 0 Å². The average Bonchev–Trinajstić information content (AvgIpc) is 2.43. The largest absolute Gasteiger partial charge is 0.421 e. The molecule has 1 amide bonds. The third-order valence-electron chi connectivity index (χ3n) is 3.14. The van der Waals surface area contributed by atoms with Crippen molar-refractivity contribution in [2.75, 3.05) is 13.1 Å². The zero-order valence-electron chi connectivity index (χ0n) is 12.7. The van der Waals surface area contributed by atoms with Crippen molar-refractivity contribution in [3.8, 4) is 0 Å². The Morgan fingerprint density at radius 1 is 1.21 bits per heavy atom. The van der Waals surface area contributed by atoms with Crippen molar-refractivity contribution >= 4 is 5.91 Å². The molecule has 0 aliphatic heterocycles. The van der Waals surface area contributed by atoms with Crippen LogP contribution >= 0.6 is 0 Å². The number of alkyl halides is 6. The Labute approximate surface area is 133 Å². The normalized spacial score (nSPS) is 12.3. The van der Waals surface area contributed by atoms with Gasteiger partial charge in [0.05, 0.1) is 0 Å². The van der Waals surface area contributed by atoms with Gasteiger partial charge in [0.25, 0.3) is 5.56 Å². The molecule has 0 unspecified atom stereocenters. The first kappa shape index (κ1) is 20.0. The van der Waals surface area contributed by atoms with Gasteiger partial charge in [-0.25, -0.2) is 0 Å². The molecular weight excluding hydrogens is 342 g/mol. The van der Waals surface area contributed by atoms with Crippen molar-refractivity contribution in [2.45, 2.75) is 38.7 Å². The Bertz CT molecular complexity index is 621. The fraction of sp³-hybridized carbons (Fsp3) is 0.571. The molecule has 0 aliphatic rings. The zero-order valence-corrected chi connectivity index (χ0v) is 12.7. The molecule has 0 bridgehead atoms. The van der Waals surface area contributed by atoms with Crippen LogP contribution in [0.15, 0.2) is 23.1 Å². The highest BCUT2D eigenvalue weighted by molar-refractivity contribution is 5.76. The quantitative estimate of drug-likeness (QED) is 0.734. The summed E-state index contributed by atoms with van der Waals surface area (Å²) >= 11 is 0. The van der Waals surface area contributed by atoms with Crippen molar-refractivity contribution in [1.29, 1.82) is 0 Å². The van der Waals surface area contributed by atoms with Gasteiger partial charge >= 0.3 is 12.4 Å². The summed E-state index contributed by atoms with van der Waals surface area (Å²) in [6.07, 6.45) is -7.77. The van der Waals surface area contributed by atoms with Gasteiger partial charge in [-0.3, -0.25) is 9.59 Å². The average molecular weight is 358 g/mol. The van der Waals surface area contributed by atoms with Crippen LogP contribution in [-0.4, -0.2) is 34.6 Å². The van der Waals surface area contributed by atoms with Crippen LogP contribution in [0.3, 0.4) is 0 Å². The Hall–Kier alpha value is -2.00. The van der Waals surface area contributed by atoms with E-state index in [9.17, 15) is 35.9 Å². The second-order valence-electron chi connectivity index (χ2n) is 5.14. The first-order valence-corrected chi connectivity index (χ1v) is 7.07. The van der Waals surface area contributed by atoms with Crippen LogP contribution in [0.1, 0.15) is 25.3 Å². The maximum Gasteiger partial charge on any atom is 0.421 e. The van der Waals surface area contributed by atoms with Gasteiger partial charge in [-0.2, -0.15) is 26.3 Å². The number of carbonyl (C=O) groups is 1. The molecule has 136 valence electrons. The third kappa shape index (κ3) is 5.89. The summed E-state index contributed by atoms with van der Waals surface area (Å²) in [7, 11) is 0. The van der Waals surface area contributed by atoms with Crippen LogP contribution in [0, 0.1) is 0 Å². The van der Waals surface area contributed by atoms with Crippen LogP contribution in [0.25, 0.3) is 0 Å². The number of pyridine rings is 1. The van der Waals surface area contributed by atoms with Gasteiger partial charge in [0, 0.05) is 12.7 Å². The van der Waals surface area contributed by atoms with Crippen LogP contribution in [0.4, 0.5) is 26.3 Å². The summed E-state index contributed by atoms with van der Waals surface area (Å²) in [6, 6.07) is 1.46. The molecule has 0 N–H and O–H groups in total. The lowest BCUT2D eigenvalue weighted by Gasteiger charge is -2.24. The Morgan fingerprint density at radius 3 is 2.33 bits per heavy atom. The highest BCUT2D eigenvalue weighted by Gasteiger charge is 2.35. The second-order valence-corrected chi connectivity index (χ2v) is 5.14. The maximum atomic E-state index is 12.7. The predicted octanol–water partition coefficient (Wildman–Crippen LogP) is 3.06. The van der Waals surface area contributed by atoms with Gasteiger partial charge in [0.2, 0.25) is 5.91 Å². The molecule has 4 nitrogen and oxygen atoms in total. The summed E-state index contributed by atoms with van der Waals surface area (Å²) in [5.41, 5.74) is -2.95. The molecular formula is C14H16F6N2O2. The molecule has 0 radical (unpaired) electrons. The molecule has 0 fully saturated rings. The molecule has 24 heavy (non-hydrogen) atoms. The minimum atomic E-state index is -4.91. The summed E-state index contributed by atoms with van der Waals surface area (Å²) in [4.78, 5) is 24.2. The van der Waals surface area contributed by atoms with E-state index in [0.717, 1.165) is 12.3 Å². The standard InChI is InChI=1S/C14H16F6N2O2/c1-2-3-6-22(9-13(15,16)17)11(23)8-21-7-4-5-10(12(21)24)14(18,19)20/h4-5,7H,2-3,6,8-9H2,1H3. The Morgan fingerprint density at radius 2 is 1.83 bits per heavy atom. The number of nitrogens with zero attached hydrogens (tertiary/aromatic N) is 2. The monoisotopic (exact) mass is 358 g/mol. The molecule has 0 saturated heterocycles. The lowest BCUT2D eigenvalue weighted by molar-refractivity contribution is -0.161. The molecule has 0 aromatic carbocycles. The molecule has 1 aromatic rings. The van der Waals surface area contributed by atoms with Gasteiger partial charge in [0.1, 0.15) is 18.7 Å². The van der Waals surface area contributed by atoms with E-state index in [1.165, 1.54) is 0 Å². The number of amides is 1. The van der Waals surface area contributed by atoms with E-state index < -0.39 is 42.5 Å². The van der Waals surface area contributed by atoms with E-state index in [-0.39, 0.29) is 6.54 Å². The molecule has 1 aromatic heterocycles. The Balaban J connectivity index is 3.01. The smallest absolute Gasteiger partial charge is 0.332 e. The van der Waals surface area contributed by atoms with Gasteiger partial charge in [-0.05, 0) is 18.6 Å². The van der Waals surface area contributed by atoms with Gasteiger partial charge < -0.3 is 9.47 Å². The van der Waals surface area contributed by atoms with E-state index in [2.05, 4.69) is 0 Å². The number of halogens is 6. The minimum Gasteiger partial charge on any atom is -0.332 e. The lowest BCUT2D eigenvalue weighted by atomic mass is 10.2. The number of unbranched alkanes of at least 4 members (excludes halogenated alkanes) is 1. The van der Waals surface area contributed by atoms with Crippen LogP contribution in [0.2, 0.25) is 0 Å². The van der Waals surface area contributed by atoms with Crippen molar-refractivity contribution < 1.29 is 31.1 Å². The number of rotatable bonds is 6. The van der Waals surface area contributed by atoms with Crippen molar-refractivity contribution in [3.05, 3.63) is 34.2 Å². The topological polar surface area (TPSA) is 42.3 Å². The first-order chi connectivity index (χ1) is 11.0. The fourth-order valence-corrected chi connectivity index (χ4v) is 1.98. The van der Waals surface area contributed by atoms with E-state index >= 15 is 0 Å². The van der Waals surface area contributed by atoms with Crippen LogP contribution in [-0.2, 0) is 17.5 Å². The molecule has 0 spiro atoms. The van der Waals surface area contributed by atoms with Crippen LogP contribution in [0.5, 0.6) is 0 Å². The number of hydrogen-bond acceptors (Lipinski definition) is 2. The van der Waals surface area contributed by atoms with Crippen LogP contribution < -0.4 is 5.56 Å². The number of aromatic nitrogens is 1.